The minimum absolute atomic E-state index is 1.05. The summed E-state index contributed by atoms with van der Waals surface area (Å²) in [5.41, 5.74) is 2.17. The van der Waals surface area contributed by atoms with E-state index in [0.29, 0.717) is 0 Å². The molecule has 4 rings (SSSR count). The van der Waals surface area contributed by atoms with Crippen molar-refractivity contribution >= 4 is 0 Å². The van der Waals surface area contributed by atoms with Crippen LogP contribution < -0.4 is 0 Å². The Bertz CT molecular complexity index is 1030. The summed E-state index contributed by atoms with van der Waals surface area (Å²) in [5.74, 6) is 6.56. The summed E-state index contributed by atoms with van der Waals surface area (Å²) in [6, 6.07) is 25.0. The molecule has 1 aliphatic rings. The summed E-state index contributed by atoms with van der Waals surface area (Å²) in [6.45, 7) is 0. The van der Waals surface area contributed by atoms with E-state index in [9.17, 15) is 0 Å². The van der Waals surface area contributed by atoms with Gasteiger partial charge in [0.15, 0.2) is 0 Å². The zero-order valence-corrected chi connectivity index (χ0v) is 10.9. The summed E-state index contributed by atoms with van der Waals surface area (Å²) in [7, 11) is 0. The highest BCUT2D eigenvalue weighted by atomic mass is 14.1. The second kappa shape index (κ2) is 4.40. The second-order valence-corrected chi connectivity index (χ2v) is 4.89. The molecular weight excluding hydrogens is 240 g/mol. The maximum atomic E-state index is 3.31. The molecule has 3 aromatic carbocycles. The van der Waals surface area contributed by atoms with Crippen LogP contribution in [0.15, 0.2) is 72.8 Å². The first-order valence-electron chi connectivity index (χ1n) is 6.73. The van der Waals surface area contributed by atoms with Crippen molar-refractivity contribution < 1.29 is 0 Å². The number of rotatable bonds is 0. The molecule has 0 fully saturated rings. The first-order chi connectivity index (χ1) is 9.93. The van der Waals surface area contributed by atoms with Crippen molar-refractivity contribution in [3.8, 4) is 11.8 Å². The predicted molar refractivity (Wildman–Crippen MR) is 80.7 cm³/mol. The molecule has 0 amide bonds. The molecule has 0 atom stereocenters. The van der Waals surface area contributed by atoms with E-state index in [-0.39, 0.29) is 0 Å². The zero-order valence-electron chi connectivity index (χ0n) is 10.9. The van der Waals surface area contributed by atoms with E-state index in [1.165, 1.54) is 20.9 Å². The third-order valence-electron chi connectivity index (χ3n) is 3.67. The van der Waals surface area contributed by atoms with Crippen LogP contribution in [0.5, 0.6) is 0 Å². The molecular formula is C20H12. The fourth-order valence-electron chi connectivity index (χ4n) is 2.71. The largest absolute Gasteiger partial charge is 0.0622 e. The van der Waals surface area contributed by atoms with Crippen molar-refractivity contribution in [2.75, 3.05) is 0 Å². The third kappa shape index (κ3) is 1.65. The lowest BCUT2D eigenvalue weighted by Gasteiger charge is -2.05. The Labute approximate surface area is 117 Å². The Hall–Kier alpha value is -2.78. The van der Waals surface area contributed by atoms with Gasteiger partial charge in [-0.05, 0) is 33.9 Å². The quantitative estimate of drug-likeness (QED) is 0.415. The molecule has 0 radical (unpaired) electrons. The lowest BCUT2D eigenvalue weighted by molar-refractivity contribution is 1.27. The Morgan fingerprint density at radius 1 is 0.500 bits per heavy atom. The van der Waals surface area contributed by atoms with E-state index < -0.39 is 0 Å². The Morgan fingerprint density at radius 2 is 1.20 bits per heavy atom. The molecule has 0 saturated heterocycles. The Kier molecular flexibility index (Phi) is 2.44. The lowest BCUT2D eigenvalue weighted by Crippen LogP contribution is -1.94. The molecule has 0 unspecified atom stereocenters. The van der Waals surface area contributed by atoms with Gasteiger partial charge in [0.05, 0.1) is 0 Å². The first kappa shape index (κ1) is 11.1. The fraction of sp³-hybridized carbons (Fsp3) is 0. The van der Waals surface area contributed by atoms with E-state index in [0.717, 1.165) is 11.1 Å². The molecule has 0 heteroatoms. The normalized spacial score (nSPS) is 10.6. The van der Waals surface area contributed by atoms with Gasteiger partial charge in [0.1, 0.15) is 0 Å². The van der Waals surface area contributed by atoms with Crippen molar-refractivity contribution in [1.29, 1.82) is 0 Å². The van der Waals surface area contributed by atoms with Gasteiger partial charge in [-0.2, -0.15) is 0 Å². The maximum absolute atomic E-state index is 3.31. The summed E-state index contributed by atoms with van der Waals surface area (Å²) < 4.78 is 0. The van der Waals surface area contributed by atoms with Crippen molar-refractivity contribution in [2.24, 2.45) is 0 Å². The van der Waals surface area contributed by atoms with E-state index >= 15 is 0 Å². The van der Waals surface area contributed by atoms with Crippen molar-refractivity contribution in [3.63, 3.8) is 0 Å². The van der Waals surface area contributed by atoms with Gasteiger partial charge < -0.3 is 0 Å². The summed E-state index contributed by atoms with van der Waals surface area (Å²) in [4.78, 5) is 0. The van der Waals surface area contributed by atoms with Crippen LogP contribution in [-0.4, -0.2) is 0 Å². The second-order valence-electron chi connectivity index (χ2n) is 4.89. The average Bonchev–Trinajstić information content (AvgIpc) is 2.51. The molecule has 0 aromatic heterocycles. The molecule has 0 bridgehead atoms. The van der Waals surface area contributed by atoms with Crippen LogP contribution in [0.1, 0.15) is 11.1 Å². The number of hydrogen-bond donors (Lipinski definition) is 0. The lowest BCUT2D eigenvalue weighted by atomic mass is 9.97. The maximum Gasteiger partial charge on any atom is 0.0333 e. The topological polar surface area (TPSA) is 0 Å². The SMILES string of the molecule is C(#Cc1cccc2c1=c1ccccc1=2)c1ccccc1. The predicted octanol–water partition coefficient (Wildman–Crippen LogP) is 3.97. The molecule has 92 valence electrons. The molecule has 20 heavy (non-hydrogen) atoms. The van der Waals surface area contributed by atoms with E-state index in [2.05, 4.69) is 54.3 Å². The Balaban J connectivity index is 1.94. The molecule has 0 aliphatic heterocycles. The van der Waals surface area contributed by atoms with Crippen LogP contribution in [-0.2, 0) is 0 Å². The van der Waals surface area contributed by atoms with Gasteiger partial charge in [0.25, 0.3) is 0 Å². The highest BCUT2D eigenvalue weighted by Gasteiger charge is 2.04. The van der Waals surface area contributed by atoms with Crippen LogP contribution in [0.2, 0.25) is 0 Å². The molecule has 0 heterocycles. The van der Waals surface area contributed by atoms with Crippen molar-refractivity contribution in [1.82, 2.24) is 0 Å². The van der Waals surface area contributed by atoms with Crippen LogP contribution >= 0.6 is 0 Å². The number of fused-ring (bicyclic) bond motifs is 2. The summed E-state index contributed by atoms with van der Waals surface area (Å²) in [6.07, 6.45) is 0. The summed E-state index contributed by atoms with van der Waals surface area (Å²) in [5, 5.41) is 5.28. The highest BCUT2D eigenvalue weighted by molar-refractivity contribution is 5.46. The van der Waals surface area contributed by atoms with Gasteiger partial charge in [-0.3, -0.25) is 0 Å². The monoisotopic (exact) mass is 252 g/mol. The molecule has 0 spiro atoms. The van der Waals surface area contributed by atoms with E-state index in [1.54, 1.807) is 0 Å². The van der Waals surface area contributed by atoms with Crippen LogP contribution in [0.25, 0.3) is 0 Å². The average molecular weight is 252 g/mol. The molecule has 1 aliphatic carbocycles. The summed E-state index contributed by atoms with van der Waals surface area (Å²) >= 11 is 0. The smallest absolute Gasteiger partial charge is 0.0333 e. The van der Waals surface area contributed by atoms with Gasteiger partial charge >= 0.3 is 0 Å². The van der Waals surface area contributed by atoms with E-state index in [1.807, 2.05) is 30.3 Å². The van der Waals surface area contributed by atoms with Gasteiger partial charge in [0.2, 0.25) is 0 Å². The number of benzene rings is 3. The minimum Gasteiger partial charge on any atom is -0.0622 e. The van der Waals surface area contributed by atoms with Crippen LogP contribution in [0.4, 0.5) is 0 Å². The van der Waals surface area contributed by atoms with Gasteiger partial charge in [-0.25, -0.2) is 0 Å². The molecule has 0 saturated carbocycles. The van der Waals surface area contributed by atoms with Gasteiger partial charge in [-0.15, -0.1) is 0 Å². The Morgan fingerprint density at radius 3 is 2.05 bits per heavy atom. The molecule has 0 nitrogen and oxygen atoms in total. The van der Waals surface area contributed by atoms with Crippen LogP contribution in [0, 0.1) is 32.7 Å². The molecule has 0 N–H and O–H groups in total. The van der Waals surface area contributed by atoms with Gasteiger partial charge in [0, 0.05) is 16.3 Å². The zero-order chi connectivity index (χ0) is 13.4. The number of hydrogen-bond acceptors (Lipinski definition) is 0. The fourth-order valence-corrected chi connectivity index (χ4v) is 2.71. The minimum atomic E-state index is 1.05. The highest BCUT2D eigenvalue weighted by Crippen LogP contribution is 2.15. The first-order valence-corrected chi connectivity index (χ1v) is 6.73. The van der Waals surface area contributed by atoms with Crippen molar-refractivity contribution in [2.45, 2.75) is 0 Å². The van der Waals surface area contributed by atoms with Crippen molar-refractivity contribution in [3.05, 3.63) is 105 Å². The third-order valence-corrected chi connectivity index (χ3v) is 3.67. The standard InChI is InChI=1S/C20H12/c1-2-7-15(8-3-1)13-14-16-9-6-12-19-17-10-4-5-11-18(17)20(16)19/h1-12H. The van der Waals surface area contributed by atoms with Gasteiger partial charge in [-0.1, -0.05) is 66.4 Å². The van der Waals surface area contributed by atoms with Crippen LogP contribution in [0.3, 0.4) is 0 Å². The molecule has 3 aromatic rings. The van der Waals surface area contributed by atoms with E-state index in [4.69, 9.17) is 0 Å².